The summed E-state index contributed by atoms with van der Waals surface area (Å²) in [5.41, 5.74) is 5.49. The number of anilines is 1. The van der Waals surface area contributed by atoms with E-state index in [9.17, 15) is 0 Å². The van der Waals surface area contributed by atoms with E-state index >= 15 is 0 Å². The summed E-state index contributed by atoms with van der Waals surface area (Å²) in [7, 11) is 0. The predicted molar refractivity (Wildman–Crippen MR) is 168 cm³/mol. The molecule has 1 unspecified atom stereocenters. The second kappa shape index (κ2) is 14.2. The normalized spacial score (nSPS) is 16.5. The van der Waals surface area contributed by atoms with Crippen molar-refractivity contribution < 1.29 is 26.6 Å². The molecule has 0 amide bonds. The molecule has 0 fully saturated rings. The third-order valence-corrected chi connectivity index (χ3v) is 7.29. The minimum Gasteiger partial charge on any atom is -0.493 e. The van der Waals surface area contributed by atoms with Gasteiger partial charge in [-0.1, -0.05) is 92.7 Å². The third-order valence-electron chi connectivity index (χ3n) is 7.29. The van der Waals surface area contributed by atoms with E-state index in [1.807, 2.05) is 26.0 Å². The maximum absolute atomic E-state index is 9.07. The molecule has 0 aliphatic carbocycles. The average Bonchev–Trinajstić information content (AvgIpc) is 3.20. The van der Waals surface area contributed by atoms with Gasteiger partial charge in [0.15, 0.2) is 0 Å². The Hall–Kier alpha value is -3.87. The summed E-state index contributed by atoms with van der Waals surface area (Å²) < 4.78 is 5.46. The summed E-state index contributed by atoms with van der Waals surface area (Å²) in [6, 6.07) is 30.8. The first kappa shape index (κ1) is 31.7. The standard InChI is InChI=1S/C24H24N2.C11H15NO2.Co/c1-3-26-22(15-16-25)24(2,17-18-9-5-4-6-10-18)21-14-13-19-11-7-8-12-20(19)23(21)26;1-8(2)7-14-10-6-4-3-5-9(10)11(12)13;/h4-16,25H,3,17H2,1-2H3;3-6,8H,7H2,1-2H3,(H2,12,13);/b22-15-,25-16?;;. The van der Waals surface area contributed by atoms with Crippen molar-refractivity contribution in [2.24, 2.45) is 5.92 Å². The molecule has 5 nitrogen and oxygen atoms in total. The molecule has 5 rings (SSSR count). The molecule has 4 aromatic carbocycles. The number of para-hydroxylation sites is 1. The van der Waals surface area contributed by atoms with E-state index < -0.39 is 5.90 Å². The zero-order valence-corrected chi connectivity index (χ0v) is 25.2. The number of allylic oxidation sites excluding steroid dienone is 2. The molecule has 0 spiro atoms. The van der Waals surface area contributed by atoms with Gasteiger partial charge in [-0.2, -0.15) is 0 Å². The number of ether oxygens (including phenoxy) is 1. The van der Waals surface area contributed by atoms with Gasteiger partial charge in [-0.15, -0.1) is 0 Å². The fraction of sp³-hybridized carbons (Fsp3) is 0.257. The van der Waals surface area contributed by atoms with E-state index in [-0.39, 0.29) is 22.2 Å². The van der Waals surface area contributed by atoms with E-state index in [4.69, 9.17) is 20.7 Å². The Morgan fingerprint density at radius 2 is 1.61 bits per heavy atom. The van der Waals surface area contributed by atoms with Gasteiger partial charge in [0, 0.05) is 46.0 Å². The molecule has 3 N–H and O–H groups in total. The van der Waals surface area contributed by atoms with E-state index in [0.717, 1.165) is 13.0 Å². The second-order valence-electron chi connectivity index (χ2n) is 10.7. The molecular weight excluding hydrogens is 553 g/mol. The Labute approximate surface area is 254 Å². The van der Waals surface area contributed by atoms with Crippen molar-refractivity contribution in [3.63, 3.8) is 0 Å². The number of hydrogen-bond acceptors (Lipinski definition) is 4. The molecule has 1 aliphatic rings. The molecule has 4 aromatic rings. The van der Waals surface area contributed by atoms with Crippen LogP contribution in [-0.4, -0.2) is 30.4 Å². The predicted octanol–water partition coefficient (Wildman–Crippen LogP) is 8.32. The third kappa shape index (κ3) is 6.89. The van der Waals surface area contributed by atoms with Gasteiger partial charge in [0.25, 0.3) is 0 Å². The first-order valence-electron chi connectivity index (χ1n) is 13.8. The molecule has 1 aliphatic heterocycles. The summed E-state index contributed by atoms with van der Waals surface area (Å²) in [5.74, 6) is 0.536. The molecule has 1 heterocycles. The summed E-state index contributed by atoms with van der Waals surface area (Å²) in [5, 5.41) is 26.5. The monoisotopic (exact) mass is 592 g/mol. The van der Waals surface area contributed by atoms with Crippen molar-refractivity contribution in [2.75, 3.05) is 18.1 Å². The van der Waals surface area contributed by atoms with Crippen molar-refractivity contribution >= 4 is 28.6 Å². The molecule has 0 saturated heterocycles. The van der Waals surface area contributed by atoms with Gasteiger partial charge >= 0.3 is 0 Å². The SMILES string of the molecule is CC(C)COc1ccccc1C(=N)O.CCN1/C(=C\C=N)C(C)(Cc2ccccc2)c2ccc3ccccc3c21.[Co]. The van der Waals surface area contributed by atoms with Gasteiger partial charge in [0.05, 0.1) is 17.9 Å². The van der Waals surface area contributed by atoms with Crippen LogP contribution in [0.3, 0.4) is 0 Å². The number of nitrogens with one attached hydrogen (secondary N) is 2. The molecular formula is C35H39CoN3O2. The molecule has 0 aromatic heterocycles. The number of fused-ring (bicyclic) bond motifs is 3. The first-order valence-corrected chi connectivity index (χ1v) is 13.8. The van der Waals surface area contributed by atoms with Crippen LogP contribution < -0.4 is 9.64 Å². The van der Waals surface area contributed by atoms with Crippen molar-refractivity contribution in [2.45, 2.75) is 39.5 Å². The summed E-state index contributed by atoms with van der Waals surface area (Å²) >= 11 is 0. The van der Waals surface area contributed by atoms with Gasteiger partial charge in [0.2, 0.25) is 5.90 Å². The maximum Gasteiger partial charge on any atom is 0.214 e. The van der Waals surface area contributed by atoms with Crippen molar-refractivity contribution in [3.8, 4) is 5.75 Å². The number of likely N-dealkylation sites (N-methyl/N-ethyl adjacent to an activating group) is 1. The molecule has 6 heteroatoms. The first-order chi connectivity index (χ1) is 19.3. The average molecular weight is 593 g/mol. The van der Waals surface area contributed by atoms with Crippen LogP contribution in [-0.2, 0) is 28.6 Å². The number of aliphatic hydroxyl groups excluding tert-OH is 1. The van der Waals surface area contributed by atoms with Gasteiger partial charge in [-0.3, -0.25) is 5.41 Å². The van der Waals surface area contributed by atoms with E-state index in [1.54, 1.807) is 18.2 Å². The maximum atomic E-state index is 9.07. The Kier molecular flexibility index (Phi) is 10.9. The van der Waals surface area contributed by atoms with Crippen LogP contribution in [0.2, 0.25) is 0 Å². The van der Waals surface area contributed by atoms with Gasteiger partial charge in [-0.25, -0.2) is 0 Å². The zero-order chi connectivity index (χ0) is 28.7. The zero-order valence-electron chi connectivity index (χ0n) is 24.1. The molecule has 0 bridgehead atoms. The molecule has 215 valence electrons. The van der Waals surface area contributed by atoms with Crippen LogP contribution in [0, 0.1) is 16.7 Å². The van der Waals surface area contributed by atoms with E-state index in [2.05, 4.69) is 85.5 Å². The summed E-state index contributed by atoms with van der Waals surface area (Å²) in [6.07, 6.45) is 4.33. The van der Waals surface area contributed by atoms with Gasteiger partial charge in [-0.05, 0) is 60.9 Å². The summed E-state index contributed by atoms with van der Waals surface area (Å²) in [6.45, 7) is 10.1. The molecule has 1 atom stereocenters. The largest absolute Gasteiger partial charge is 0.493 e. The van der Waals surface area contributed by atoms with Crippen LogP contribution in [0.5, 0.6) is 5.75 Å². The smallest absolute Gasteiger partial charge is 0.214 e. The molecule has 41 heavy (non-hydrogen) atoms. The number of rotatable bonds is 8. The van der Waals surface area contributed by atoms with Crippen LogP contribution in [0.25, 0.3) is 10.8 Å². The minimum atomic E-state index is -0.454. The van der Waals surface area contributed by atoms with Crippen molar-refractivity contribution in [3.05, 3.63) is 119 Å². The van der Waals surface area contributed by atoms with Crippen molar-refractivity contribution in [1.82, 2.24) is 0 Å². The van der Waals surface area contributed by atoms with Crippen LogP contribution in [0.1, 0.15) is 44.4 Å². The minimum absolute atomic E-state index is 0. The Morgan fingerprint density at radius 1 is 0.951 bits per heavy atom. The molecule has 0 saturated carbocycles. The Morgan fingerprint density at radius 3 is 2.27 bits per heavy atom. The van der Waals surface area contributed by atoms with Crippen LogP contribution in [0.4, 0.5) is 5.69 Å². The number of benzene rings is 4. The molecule has 1 radical (unpaired) electrons. The number of hydrogen-bond donors (Lipinski definition) is 3. The number of aliphatic hydroxyl groups is 1. The quantitative estimate of drug-likeness (QED) is 0.142. The number of nitrogens with zero attached hydrogens (tertiary/aromatic N) is 1. The van der Waals surface area contributed by atoms with Gasteiger partial charge in [0.1, 0.15) is 5.75 Å². The van der Waals surface area contributed by atoms with E-state index in [1.165, 1.54) is 39.5 Å². The van der Waals surface area contributed by atoms with Crippen LogP contribution >= 0.6 is 0 Å². The van der Waals surface area contributed by atoms with Crippen LogP contribution in [0.15, 0.2) is 103 Å². The summed E-state index contributed by atoms with van der Waals surface area (Å²) in [4.78, 5) is 2.39. The fourth-order valence-corrected chi connectivity index (χ4v) is 5.46. The van der Waals surface area contributed by atoms with Crippen molar-refractivity contribution in [1.29, 1.82) is 10.8 Å². The Balaban J connectivity index is 0.000000264. The topological polar surface area (TPSA) is 80.4 Å². The second-order valence-corrected chi connectivity index (χ2v) is 10.7. The van der Waals surface area contributed by atoms with E-state index in [0.29, 0.717) is 23.8 Å². The fourth-order valence-electron chi connectivity index (χ4n) is 5.46. The van der Waals surface area contributed by atoms with Gasteiger partial charge < -0.3 is 20.2 Å². The Bertz CT molecular complexity index is 1520.